The van der Waals surface area contributed by atoms with Crippen LogP contribution in [-0.2, 0) is 10.0 Å². The highest BCUT2D eigenvalue weighted by Gasteiger charge is 2.14. The number of rotatable bonds is 4. The molecule has 0 aliphatic carbocycles. The van der Waals surface area contributed by atoms with Gasteiger partial charge in [-0.25, -0.2) is 8.42 Å². The Labute approximate surface area is 123 Å². The first-order valence-electron chi connectivity index (χ1n) is 6.38. The Morgan fingerprint density at radius 1 is 1.24 bits per heavy atom. The van der Waals surface area contributed by atoms with Gasteiger partial charge in [0.15, 0.2) is 0 Å². The highest BCUT2D eigenvalue weighted by atomic mass is 32.2. The van der Waals surface area contributed by atoms with E-state index < -0.39 is 10.0 Å². The van der Waals surface area contributed by atoms with Crippen molar-refractivity contribution in [2.75, 3.05) is 17.5 Å². The average Bonchev–Trinajstić information content (AvgIpc) is 3.08. The van der Waals surface area contributed by atoms with Crippen LogP contribution in [0.2, 0.25) is 0 Å². The third kappa shape index (κ3) is 3.22. The van der Waals surface area contributed by atoms with E-state index in [1.807, 2.05) is 24.3 Å². The minimum Gasteiger partial charge on any atom is -0.465 e. The quantitative estimate of drug-likeness (QED) is 0.943. The largest absolute Gasteiger partial charge is 0.465 e. The van der Waals surface area contributed by atoms with Gasteiger partial charge >= 0.3 is 0 Å². The normalized spacial score (nSPS) is 14.7. The minimum atomic E-state index is -3.28. The predicted molar refractivity (Wildman–Crippen MR) is 83.0 cm³/mol. The number of hydrogen-bond acceptors (Lipinski definition) is 4. The van der Waals surface area contributed by atoms with Gasteiger partial charge in [-0.1, -0.05) is 12.1 Å². The molecule has 2 heterocycles. The lowest BCUT2D eigenvalue weighted by molar-refractivity contribution is 0.552. The fraction of sp³-hybridized carbons (Fsp3) is 0.133. The summed E-state index contributed by atoms with van der Waals surface area (Å²) in [5.74, 6) is 0.805. The van der Waals surface area contributed by atoms with E-state index in [9.17, 15) is 8.42 Å². The van der Waals surface area contributed by atoms with E-state index in [0.717, 1.165) is 28.9 Å². The molecular weight excluding hydrogens is 288 g/mol. The van der Waals surface area contributed by atoms with Crippen LogP contribution >= 0.6 is 0 Å². The molecular formula is C15H14N2O3S. The van der Waals surface area contributed by atoms with Crippen molar-refractivity contribution < 1.29 is 12.8 Å². The number of benzene rings is 1. The van der Waals surface area contributed by atoms with E-state index in [4.69, 9.17) is 4.42 Å². The van der Waals surface area contributed by atoms with Crippen LogP contribution in [0.3, 0.4) is 0 Å². The van der Waals surface area contributed by atoms with Gasteiger partial charge in [-0.05, 0) is 30.3 Å². The molecule has 3 rings (SSSR count). The van der Waals surface area contributed by atoms with Crippen molar-refractivity contribution in [2.24, 2.45) is 4.99 Å². The molecule has 0 amide bonds. The summed E-state index contributed by atoms with van der Waals surface area (Å²) < 4.78 is 30.4. The molecule has 1 N–H and O–H groups in total. The van der Waals surface area contributed by atoms with Crippen LogP contribution in [0.25, 0.3) is 5.57 Å². The number of allylic oxidation sites excluding steroid dienone is 1. The predicted octanol–water partition coefficient (Wildman–Crippen LogP) is 2.54. The zero-order chi connectivity index (χ0) is 14.9. The van der Waals surface area contributed by atoms with E-state index in [-0.39, 0.29) is 0 Å². The molecule has 0 saturated heterocycles. The molecule has 0 fully saturated rings. The molecule has 5 nitrogen and oxygen atoms in total. The third-order valence-electron chi connectivity index (χ3n) is 3.03. The van der Waals surface area contributed by atoms with Gasteiger partial charge in [-0.15, -0.1) is 0 Å². The third-order valence-corrected chi connectivity index (χ3v) is 3.64. The second-order valence-corrected chi connectivity index (χ2v) is 6.55. The number of furan rings is 1. The molecule has 0 bridgehead atoms. The van der Waals surface area contributed by atoms with Crippen LogP contribution in [0, 0.1) is 0 Å². The molecule has 6 heteroatoms. The average molecular weight is 302 g/mol. The number of anilines is 1. The molecule has 1 aliphatic heterocycles. The summed E-state index contributed by atoms with van der Waals surface area (Å²) >= 11 is 0. The number of sulfonamides is 1. The minimum absolute atomic E-state index is 0.526. The number of hydrogen-bond donors (Lipinski definition) is 1. The van der Waals surface area contributed by atoms with Gasteiger partial charge in [0.1, 0.15) is 5.76 Å². The van der Waals surface area contributed by atoms with Gasteiger partial charge in [-0.2, -0.15) is 0 Å². The highest BCUT2D eigenvalue weighted by Crippen LogP contribution is 2.23. The Morgan fingerprint density at radius 3 is 2.81 bits per heavy atom. The van der Waals surface area contributed by atoms with Crippen LogP contribution in [0.15, 0.2) is 58.1 Å². The molecule has 1 aromatic carbocycles. The van der Waals surface area contributed by atoms with Crippen LogP contribution in [0.5, 0.6) is 0 Å². The molecule has 21 heavy (non-hydrogen) atoms. The van der Waals surface area contributed by atoms with Crippen molar-refractivity contribution in [3.8, 4) is 0 Å². The number of aliphatic imine (C=N–C) groups is 1. The van der Waals surface area contributed by atoms with Gasteiger partial charge < -0.3 is 4.42 Å². The summed E-state index contributed by atoms with van der Waals surface area (Å²) in [5.41, 5.74) is 3.22. The van der Waals surface area contributed by atoms with Crippen LogP contribution in [-0.4, -0.2) is 26.9 Å². The number of nitrogens with one attached hydrogen (secondary N) is 1. The van der Waals surface area contributed by atoms with Crippen molar-refractivity contribution in [3.05, 3.63) is 60.1 Å². The first-order valence-corrected chi connectivity index (χ1v) is 8.27. The van der Waals surface area contributed by atoms with Crippen molar-refractivity contribution in [3.63, 3.8) is 0 Å². The summed E-state index contributed by atoms with van der Waals surface area (Å²) in [4.78, 5) is 4.47. The molecule has 1 aliphatic rings. The molecule has 0 spiro atoms. The lowest BCUT2D eigenvalue weighted by atomic mass is 10.1. The molecule has 0 radical (unpaired) electrons. The van der Waals surface area contributed by atoms with Crippen molar-refractivity contribution >= 4 is 27.0 Å². The lowest BCUT2D eigenvalue weighted by Gasteiger charge is -2.05. The van der Waals surface area contributed by atoms with Crippen LogP contribution in [0.1, 0.15) is 11.3 Å². The summed E-state index contributed by atoms with van der Waals surface area (Å²) in [5, 5.41) is 0. The molecule has 0 unspecified atom stereocenters. The maximum atomic E-state index is 11.3. The molecule has 0 atom stereocenters. The maximum absolute atomic E-state index is 11.3. The first-order chi connectivity index (χ1) is 10.0. The summed E-state index contributed by atoms with van der Waals surface area (Å²) in [6, 6.07) is 10.9. The van der Waals surface area contributed by atoms with Crippen molar-refractivity contribution in [1.82, 2.24) is 0 Å². The Kier molecular flexibility index (Phi) is 3.39. The standard InChI is InChI=1S/C15H14N2O3S/c1-21(18,19)17-13-5-2-4-11(8-13)14-9-12(10-16-14)15-6-3-7-20-15/h2-9,17H,10H2,1H3. The van der Waals surface area contributed by atoms with Gasteiger partial charge in [-0.3, -0.25) is 9.71 Å². The molecule has 1 aromatic heterocycles. The van der Waals surface area contributed by atoms with Crippen LogP contribution < -0.4 is 4.72 Å². The fourth-order valence-electron chi connectivity index (χ4n) is 2.17. The van der Waals surface area contributed by atoms with Crippen molar-refractivity contribution in [2.45, 2.75) is 0 Å². The van der Waals surface area contributed by atoms with E-state index in [1.54, 1.807) is 24.5 Å². The monoisotopic (exact) mass is 302 g/mol. The van der Waals surface area contributed by atoms with E-state index in [2.05, 4.69) is 9.71 Å². The molecule has 0 saturated carbocycles. The maximum Gasteiger partial charge on any atom is 0.229 e. The zero-order valence-corrected chi connectivity index (χ0v) is 12.2. The van der Waals surface area contributed by atoms with Gasteiger partial charge in [0, 0.05) is 16.8 Å². The van der Waals surface area contributed by atoms with Crippen molar-refractivity contribution in [1.29, 1.82) is 0 Å². The summed E-state index contributed by atoms with van der Waals surface area (Å²) in [6.45, 7) is 0.562. The van der Waals surface area contributed by atoms with Gasteiger partial charge in [0.25, 0.3) is 0 Å². The molecule has 2 aromatic rings. The topological polar surface area (TPSA) is 71.7 Å². The first kappa shape index (κ1) is 13.6. The Bertz CT molecular complexity index is 818. The van der Waals surface area contributed by atoms with E-state index in [0.29, 0.717) is 12.2 Å². The highest BCUT2D eigenvalue weighted by molar-refractivity contribution is 7.92. The van der Waals surface area contributed by atoms with Gasteiger partial charge in [0.2, 0.25) is 10.0 Å². The zero-order valence-electron chi connectivity index (χ0n) is 11.4. The Hall–Kier alpha value is -2.34. The van der Waals surface area contributed by atoms with Crippen LogP contribution in [0.4, 0.5) is 5.69 Å². The second kappa shape index (κ2) is 5.21. The fourth-order valence-corrected chi connectivity index (χ4v) is 2.72. The summed E-state index contributed by atoms with van der Waals surface area (Å²) in [7, 11) is -3.28. The Morgan fingerprint density at radius 2 is 2.10 bits per heavy atom. The molecule has 108 valence electrons. The summed E-state index contributed by atoms with van der Waals surface area (Å²) in [6.07, 6.45) is 4.71. The van der Waals surface area contributed by atoms with Gasteiger partial charge in [0.05, 0.1) is 24.8 Å². The number of nitrogens with zero attached hydrogens (tertiary/aromatic N) is 1. The smallest absolute Gasteiger partial charge is 0.229 e. The lowest BCUT2D eigenvalue weighted by Crippen LogP contribution is -2.10. The SMILES string of the molecule is CS(=O)(=O)Nc1cccc(C2=NCC(c3ccco3)=C2)c1. The second-order valence-electron chi connectivity index (χ2n) is 4.80. The Balaban J connectivity index is 1.87. The van der Waals surface area contributed by atoms with E-state index in [1.165, 1.54) is 0 Å². The van der Waals surface area contributed by atoms with E-state index >= 15 is 0 Å².